The quantitative estimate of drug-likeness (QED) is 0.672. The molecule has 20 heavy (non-hydrogen) atoms. The number of nitro benzene ring substituents is 1. The molecule has 0 heterocycles. The number of benzene rings is 2. The SMILES string of the molecule is NCc1cc(F)ccc1OCc1ccc([N+](=O)[O-])cc1. The van der Waals surface area contributed by atoms with Crippen molar-refractivity contribution in [3.05, 3.63) is 69.5 Å². The van der Waals surface area contributed by atoms with Gasteiger partial charge in [0.05, 0.1) is 4.92 Å². The predicted molar refractivity (Wildman–Crippen MR) is 71.7 cm³/mol. The summed E-state index contributed by atoms with van der Waals surface area (Å²) in [5, 5.41) is 10.5. The van der Waals surface area contributed by atoms with Crippen molar-refractivity contribution in [2.45, 2.75) is 13.2 Å². The van der Waals surface area contributed by atoms with Crippen molar-refractivity contribution in [2.24, 2.45) is 5.73 Å². The lowest BCUT2D eigenvalue weighted by Gasteiger charge is -2.10. The Hall–Kier alpha value is -2.47. The summed E-state index contributed by atoms with van der Waals surface area (Å²) in [4.78, 5) is 10.1. The van der Waals surface area contributed by atoms with Gasteiger partial charge < -0.3 is 10.5 Å². The maximum Gasteiger partial charge on any atom is 0.269 e. The molecular weight excluding hydrogens is 263 g/mol. The molecule has 2 aromatic rings. The van der Waals surface area contributed by atoms with Crippen LogP contribution in [0.15, 0.2) is 42.5 Å². The molecule has 6 heteroatoms. The summed E-state index contributed by atoms with van der Waals surface area (Å²) in [7, 11) is 0. The number of nitrogens with zero attached hydrogens (tertiary/aromatic N) is 1. The number of hydrogen-bond acceptors (Lipinski definition) is 4. The number of non-ortho nitro benzene ring substituents is 1. The Labute approximate surface area is 114 Å². The van der Waals surface area contributed by atoms with Crippen LogP contribution in [0.25, 0.3) is 0 Å². The van der Waals surface area contributed by atoms with Gasteiger partial charge >= 0.3 is 0 Å². The summed E-state index contributed by atoms with van der Waals surface area (Å²) in [5.74, 6) is 0.139. The number of nitro groups is 1. The number of rotatable bonds is 5. The molecule has 0 radical (unpaired) electrons. The van der Waals surface area contributed by atoms with Crippen LogP contribution in [-0.2, 0) is 13.2 Å². The Balaban J connectivity index is 2.06. The summed E-state index contributed by atoms with van der Waals surface area (Å²) in [6.45, 7) is 0.407. The van der Waals surface area contributed by atoms with E-state index in [0.717, 1.165) is 5.56 Å². The zero-order valence-corrected chi connectivity index (χ0v) is 10.6. The predicted octanol–water partition coefficient (Wildman–Crippen LogP) is 2.77. The monoisotopic (exact) mass is 276 g/mol. The molecule has 5 nitrogen and oxygen atoms in total. The third-order valence-electron chi connectivity index (χ3n) is 2.78. The lowest BCUT2D eigenvalue weighted by Crippen LogP contribution is -2.03. The number of hydrogen-bond donors (Lipinski definition) is 1. The van der Waals surface area contributed by atoms with Crippen LogP contribution >= 0.6 is 0 Å². The zero-order valence-electron chi connectivity index (χ0n) is 10.6. The van der Waals surface area contributed by atoms with Crippen molar-refractivity contribution in [1.29, 1.82) is 0 Å². The fourth-order valence-electron chi connectivity index (χ4n) is 1.72. The molecule has 0 unspecified atom stereocenters. The van der Waals surface area contributed by atoms with Gasteiger partial charge in [0, 0.05) is 24.2 Å². The molecule has 0 aliphatic rings. The second-order valence-electron chi connectivity index (χ2n) is 4.17. The van der Waals surface area contributed by atoms with Crippen molar-refractivity contribution in [1.82, 2.24) is 0 Å². The summed E-state index contributed by atoms with van der Waals surface area (Å²) in [5.41, 5.74) is 6.90. The van der Waals surface area contributed by atoms with Gasteiger partial charge in [-0.05, 0) is 35.9 Å². The molecular formula is C14H13FN2O3. The smallest absolute Gasteiger partial charge is 0.269 e. The zero-order chi connectivity index (χ0) is 14.5. The summed E-state index contributed by atoms with van der Waals surface area (Å²) in [6, 6.07) is 10.2. The Morgan fingerprint density at radius 1 is 1.20 bits per heavy atom. The molecule has 0 saturated carbocycles. The van der Waals surface area contributed by atoms with E-state index in [1.165, 1.54) is 30.3 Å². The van der Waals surface area contributed by atoms with Gasteiger partial charge in [0.2, 0.25) is 0 Å². The Morgan fingerprint density at radius 2 is 1.90 bits per heavy atom. The van der Waals surface area contributed by atoms with E-state index < -0.39 is 4.92 Å². The topological polar surface area (TPSA) is 78.4 Å². The Kier molecular flexibility index (Phi) is 4.27. The number of halogens is 1. The molecule has 0 aliphatic carbocycles. The van der Waals surface area contributed by atoms with E-state index in [0.29, 0.717) is 11.3 Å². The standard InChI is InChI=1S/C14H13FN2O3/c15-12-3-6-14(11(7-12)8-16)20-9-10-1-4-13(5-2-10)17(18)19/h1-7H,8-9,16H2. The third-order valence-corrected chi connectivity index (χ3v) is 2.78. The molecule has 0 aromatic heterocycles. The lowest BCUT2D eigenvalue weighted by atomic mass is 10.2. The van der Waals surface area contributed by atoms with E-state index in [-0.39, 0.29) is 24.7 Å². The van der Waals surface area contributed by atoms with Gasteiger partial charge in [0.25, 0.3) is 5.69 Å². The van der Waals surface area contributed by atoms with Crippen LogP contribution in [-0.4, -0.2) is 4.92 Å². The fraction of sp³-hybridized carbons (Fsp3) is 0.143. The largest absolute Gasteiger partial charge is 0.489 e. The molecule has 0 aliphatic heterocycles. The average Bonchev–Trinajstić information content (AvgIpc) is 2.46. The minimum absolute atomic E-state index is 0.0261. The molecule has 0 atom stereocenters. The molecule has 0 spiro atoms. The van der Waals surface area contributed by atoms with Gasteiger partial charge in [0.1, 0.15) is 18.2 Å². The molecule has 104 valence electrons. The van der Waals surface area contributed by atoms with E-state index in [4.69, 9.17) is 10.5 Å². The Bertz CT molecular complexity index is 614. The van der Waals surface area contributed by atoms with Crippen LogP contribution in [0, 0.1) is 15.9 Å². The summed E-state index contributed by atoms with van der Waals surface area (Å²) >= 11 is 0. The first-order valence-electron chi connectivity index (χ1n) is 5.95. The highest BCUT2D eigenvalue weighted by molar-refractivity contribution is 5.35. The van der Waals surface area contributed by atoms with E-state index in [1.807, 2.05) is 0 Å². The lowest BCUT2D eigenvalue weighted by molar-refractivity contribution is -0.384. The highest BCUT2D eigenvalue weighted by Gasteiger charge is 2.06. The average molecular weight is 276 g/mol. The molecule has 0 saturated heterocycles. The van der Waals surface area contributed by atoms with Crippen molar-refractivity contribution < 1.29 is 14.1 Å². The first-order chi connectivity index (χ1) is 9.60. The van der Waals surface area contributed by atoms with E-state index >= 15 is 0 Å². The first-order valence-corrected chi connectivity index (χ1v) is 5.95. The van der Waals surface area contributed by atoms with Crippen LogP contribution in [0.3, 0.4) is 0 Å². The van der Waals surface area contributed by atoms with Gasteiger partial charge in [-0.3, -0.25) is 10.1 Å². The molecule has 2 N–H and O–H groups in total. The third kappa shape index (κ3) is 3.30. The molecule has 0 bridgehead atoms. The number of ether oxygens (including phenoxy) is 1. The normalized spacial score (nSPS) is 10.3. The van der Waals surface area contributed by atoms with Crippen LogP contribution < -0.4 is 10.5 Å². The van der Waals surface area contributed by atoms with Crippen LogP contribution in [0.2, 0.25) is 0 Å². The van der Waals surface area contributed by atoms with E-state index in [1.54, 1.807) is 12.1 Å². The first kappa shape index (κ1) is 14.0. The van der Waals surface area contributed by atoms with E-state index in [2.05, 4.69) is 0 Å². The number of nitrogens with two attached hydrogens (primary N) is 1. The molecule has 0 amide bonds. The minimum atomic E-state index is -0.461. The highest BCUT2D eigenvalue weighted by atomic mass is 19.1. The Morgan fingerprint density at radius 3 is 2.50 bits per heavy atom. The van der Waals surface area contributed by atoms with Gasteiger partial charge in [-0.1, -0.05) is 0 Å². The van der Waals surface area contributed by atoms with Crippen molar-refractivity contribution in [3.63, 3.8) is 0 Å². The van der Waals surface area contributed by atoms with Crippen LogP contribution in [0.5, 0.6) is 5.75 Å². The van der Waals surface area contributed by atoms with Crippen molar-refractivity contribution in [2.75, 3.05) is 0 Å². The summed E-state index contributed by atoms with van der Waals surface area (Å²) < 4.78 is 18.6. The molecule has 2 rings (SSSR count). The van der Waals surface area contributed by atoms with Gasteiger partial charge in [-0.15, -0.1) is 0 Å². The van der Waals surface area contributed by atoms with Crippen LogP contribution in [0.1, 0.15) is 11.1 Å². The maximum absolute atomic E-state index is 13.0. The van der Waals surface area contributed by atoms with Crippen LogP contribution in [0.4, 0.5) is 10.1 Å². The fourth-order valence-corrected chi connectivity index (χ4v) is 1.72. The minimum Gasteiger partial charge on any atom is -0.489 e. The highest BCUT2D eigenvalue weighted by Crippen LogP contribution is 2.21. The maximum atomic E-state index is 13.0. The molecule has 0 fully saturated rings. The van der Waals surface area contributed by atoms with Gasteiger partial charge in [-0.2, -0.15) is 0 Å². The van der Waals surface area contributed by atoms with Gasteiger partial charge in [-0.25, -0.2) is 4.39 Å². The summed E-state index contributed by atoms with van der Waals surface area (Å²) in [6.07, 6.45) is 0. The second kappa shape index (κ2) is 6.12. The van der Waals surface area contributed by atoms with Crippen molar-refractivity contribution >= 4 is 5.69 Å². The van der Waals surface area contributed by atoms with Gasteiger partial charge in [0.15, 0.2) is 0 Å². The van der Waals surface area contributed by atoms with Crippen molar-refractivity contribution in [3.8, 4) is 5.75 Å². The second-order valence-corrected chi connectivity index (χ2v) is 4.17. The van der Waals surface area contributed by atoms with E-state index in [9.17, 15) is 14.5 Å². The molecule has 2 aromatic carbocycles.